The van der Waals surface area contributed by atoms with Crippen LogP contribution in [0.1, 0.15) is 45.4 Å². The van der Waals surface area contributed by atoms with Gasteiger partial charge in [0.15, 0.2) is 0 Å². The van der Waals surface area contributed by atoms with Crippen LogP contribution in [0.2, 0.25) is 0 Å². The van der Waals surface area contributed by atoms with Crippen molar-refractivity contribution in [3.05, 3.63) is 41.6 Å². The number of aromatic nitrogens is 2. The zero-order chi connectivity index (χ0) is 24.0. The highest BCUT2D eigenvalue weighted by atomic mass is 16.5. The molecule has 0 spiro atoms. The lowest BCUT2D eigenvalue weighted by atomic mass is 9.94. The Kier molecular flexibility index (Phi) is 8.54. The van der Waals surface area contributed by atoms with Crippen molar-refractivity contribution in [2.75, 3.05) is 57.9 Å². The summed E-state index contributed by atoms with van der Waals surface area (Å²) in [5.41, 5.74) is 2.72. The van der Waals surface area contributed by atoms with E-state index in [0.717, 1.165) is 61.9 Å². The van der Waals surface area contributed by atoms with E-state index in [1.807, 2.05) is 43.9 Å². The number of para-hydroxylation sites is 1. The Hall–Kier alpha value is -2.38. The van der Waals surface area contributed by atoms with Gasteiger partial charge in [0.1, 0.15) is 5.82 Å². The number of nitrogens with zero attached hydrogens (tertiary/aromatic N) is 5. The second kappa shape index (κ2) is 11.2. The summed E-state index contributed by atoms with van der Waals surface area (Å²) >= 11 is 0. The molecule has 0 unspecified atom stereocenters. The van der Waals surface area contributed by atoms with Gasteiger partial charge in [-0.3, -0.25) is 4.79 Å². The zero-order valence-corrected chi connectivity index (χ0v) is 21.3. The van der Waals surface area contributed by atoms with Gasteiger partial charge in [0.05, 0.1) is 17.9 Å². The lowest BCUT2D eigenvalue weighted by molar-refractivity contribution is -0.140. The van der Waals surface area contributed by atoms with Gasteiger partial charge in [-0.15, -0.1) is 0 Å². The van der Waals surface area contributed by atoms with E-state index in [4.69, 9.17) is 9.84 Å². The zero-order valence-electron chi connectivity index (χ0n) is 21.3. The van der Waals surface area contributed by atoms with E-state index in [-0.39, 0.29) is 5.91 Å². The standard InChI is InChI=1S/C26H41N5O2/c1-7-28-15-17-29(18-16-28)24-23(21(2)27-31(24)22-12-9-8-10-13-22)20-30(14-11-19-33-6)25(32)26(3,4)5/h8-10,12-13H,7,11,14-20H2,1-6H3. The van der Waals surface area contributed by atoms with Gasteiger partial charge in [-0.1, -0.05) is 45.9 Å². The van der Waals surface area contributed by atoms with Crippen molar-refractivity contribution in [3.8, 4) is 5.69 Å². The molecular formula is C26H41N5O2. The molecule has 0 N–H and O–H groups in total. The molecule has 7 heteroatoms. The van der Waals surface area contributed by atoms with Crippen LogP contribution in [0.3, 0.4) is 0 Å². The predicted molar refractivity (Wildman–Crippen MR) is 134 cm³/mol. The maximum Gasteiger partial charge on any atom is 0.228 e. The third-order valence-corrected chi connectivity index (χ3v) is 6.33. The van der Waals surface area contributed by atoms with Crippen LogP contribution >= 0.6 is 0 Å². The van der Waals surface area contributed by atoms with E-state index >= 15 is 0 Å². The number of ether oxygens (including phenoxy) is 1. The van der Waals surface area contributed by atoms with Crippen molar-refractivity contribution in [2.24, 2.45) is 5.41 Å². The Morgan fingerprint density at radius 2 is 1.79 bits per heavy atom. The second-order valence-corrected chi connectivity index (χ2v) is 9.88. The van der Waals surface area contributed by atoms with Gasteiger partial charge in [0.2, 0.25) is 5.91 Å². The fourth-order valence-electron chi connectivity index (χ4n) is 4.40. The minimum absolute atomic E-state index is 0.159. The van der Waals surface area contributed by atoms with E-state index < -0.39 is 5.41 Å². The summed E-state index contributed by atoms with van der Waals surface area (Å²) in [4.78, 5) is 20.3. The highest BCUT2D eigenvalue weighted by Gasteiger charge is 2.31. The molecule has 1 aromatic carbocycles. The average molecular weight is 456 g/mol. The van der Waals surface area contributed by atoms with E-state index in [0.29, 0.717) is 19.7 Å². The Labute approximate surface area is 199 Å². The van der Waals surface area contributed by atoms with Crippen molar-refractivity contribution in [2.45, 2.75) is 47.6 Å². The molecule has 33 heavy (non-hydrogen) atoms. The molecule has 182 valence electrons. The van der Waals surface area contributed by atoms with Gasteiger partial charge in [-0.2, -0.15) is 5.10 Å². The van der Waals surface area contributed by atoms with Crippen LogP contribution in [-0.2, 0) is 16.1 Å². The normalized spacial score (nSPS) is 15.2. The van der Waals surface area contributed by atoms with Crippen molar-refractivity contribution >= 4 is 11.7 Å². The summed E-state index contributed by atoms with van der Waals surface area (Å²) in [7, 11) is 1.71. The molecule has 0 radical (unpaired) electrons. The Balaban J connectivity index is 2.00. The largest absolute Gasteiger partial charge is 0.385 e. The van der Waals surface area contributed by atoms with Gasteiger partial charge in [-0.25, -0.2) is 4.68 Å². The first-order chi connectivity index (χ1) is 15.8. The smallest absolute Gasteiger partial charge is 0.228 e. The molecule has 2 aromatic rings. The lowest BCUT2D eigenvalue weighted by Crippen LogP contribution is -2.47. The van der Waals surface area contributed by atoms with Gasteiger partial charge >= 0.3 is 0 Å². The maximum absolute atomic E-state index is 13.4. The first-order valence-electron chi connectivity index (χ1n) is 12.2. The molecule has 0 saturated carbocycles. The minimum atomic E-state index is -0.441. The number of hydrogen-bond acceptors (Lipinski definition) is 5. The van der Waals surface area contributed by atoms with Crippen molar-refractivity contribution < 1.29 is 9.53 Å². The minimum Gasteiger partial charge on any atom is -0.385 e. The molecule has 1 aromatic heterocycles. The Bertz CT molecular complexity index is 895. The van der Waals surface area contributed by atoms with Crippen LogP contribution in [0, 0.1) is 12.3 Å². The summed E-state index contributed by atoms with van der Waals surface area (Å²) in [6, 6.07) is 10.3. The molecule has 0 aliphatic carbocycles. The SMILES string of the molecule is CCN1CCN(c2c(CN(CCCOC)C(=O)C(C)(C)C)c(C)nn2-c2ccccc2)CC1. The van der Waals surface area contributed by atoms with Crippen molar-refractivity contribution in [3.63, 3.8) is 0 Å². The average Bonchev–Trinajstić information content (AvgIpc) is 3.14. The van der Waals surface area contributed by atoms with Crippen LogP contribution < -0.4 is 4.90 Å². The number of likely N-dealkylation sites (N-methyl/N-ethyl adjacent to an activating group) is 1. The number of aryl methyl sites for hydroxylation is 1. The molecule has 1 fully saturated rings. The molecule has 0 bridgehead atoms. The van der Waals surface area contributed by atoms with E-state index in [2.05, 4.69) is 40.5 Å². The van der Waals surface area contributed by atoms with Gasteiger partial charge in [-0.05, 0) is 32.0 Å². The number of amides is 1. The molecule has 1 amide bonds. The first-order valence-corrected chi connectivity index (χ1v) is 12.2. The van der Waals surface area contributed by atoms with Crippen LogP contribution in [0.25, 0.3) is 5.69 Å². The van der Waals surface area contributed by atoms with Crippen LogP contribution in [0.5, 0.6) is 0 Å². The number of carbonyl (C=O) groups excluding carboxylic acids is 1. The van der Waals surface area contributed by atoms with E-state index in [1.54, 1.807) is 7.11 Å². The number of benzene rings is 1. The van der Waals surface area contributed by atoms with E-state index in [1.165, 1.54) is 0 Å². The highest BCUT2D eigenvalue weighted by molar-refractivity contribution is 5.81. The monoisotopic (exact) mass is 455 g/mol. The summed E-state index contributed by atoms with van der Waals surface area (Å²) in [5, 5.41) is 4.96. The van der Waals surface area contributed by atoms with Crippen LogP contribution in [0.15, 0.2) is 30.3 Å². The maximum atomic E-state index is 13.4. The third-order valence-electron chi connectivity index (χ3n) is 6.33. The summed E-state index contributed by atoms with van der Waals surface area (Å²) in [5.74, 6) is 1.28. The molecule has 0 atom stereocenters. The van der Waals surface area contributed by atoms with Gasteiger partial charge < -0.3 is 19.4 Å². The molecule has 3 rings (SSSR count). The van der Waals surface area contributed by atoms with Gasteiger partial charge in [0.25, 0.3) is 0 Å². The summed E-state index contributed by atoms with van der Waals surface area (Å²) in [6.07, 6.45) is 0.814. The van der Waals surface area contributed by atoms with Crippen LogP contribution in [-0.4, -0.2) is 78.5 Å². The number of methoxy groups -OCH3 is 1. The fraction of sp³-hybridized carbons (Fsp3) is 0.615. The van der Waals surface area contributed by atoms with Gasteiger partial charge in [0, 0.05) is 57.4 Å². The number of hydrogen-bond donors (Lipinski definition) is 0. The third kappa shape index (κ3) is 6.15. The highest BCUT2D eigenvalue weighted by Crippen LogP contribution is 2.31. The summed E-state index contributed by atoms with van der Waals surface area (Å²) in [6.45, 7) is 17.2. The number of carbonyl (C=O) groups is 1. The summed E-state index contributed by atoms with van der Waals surface area (Å²) < 4.78 is 7.34. The number of rotatable bonds is 9. The lowest BCUT2D eigenvalue weighted by Gasteiger charge is -2.37. The molecular weight excluding hydrogens is 414 g/mol. The fourth-order valence-corrected chi connectivity index (χ4v) is 4.40. The van der Waals surface area contributed by atoms with Crippen LogP contribution in [0.4, 0.5) is 5.82 Å². The van der Waals surface area contributed by atoms with E-state index in [9.17, 15) is 4.79 Å². The van der Waals surface area contributed by atoms with Crippen molar-refractivity contribution in [1.82, 2.24) is 19.6 Å². The molecule has 2 heterocycles. The molecule has 1 aliphatic heterocycles. The second-order valence-electron chi connectivity index (χ2n) is 9.88. The quantitative estimate of drug-likeness (QED) is 0.539. The Morgan fingerprint density at radius 3 is 2.36 bits per heavy atom. The molecule has 1 aliphatic rings. The van der Waals surface area contributed by atoms with Crippen molar-refractivity contribution in [1.29, 1.82) is 0 Å². The first kappa shape index (κ1) is 25.2. The predicted octanol–water partition coefficient (Wildman–Crippen LogP) is 3.73. The topological polar surface area (TPSA) is 53.8 Å². The Morgan fingerprint density at radius 1 is 1.12 bits per heavy atom. The molecule has 1 saturated heterocycles. The number of anilines is 1. The number of piperazine rings is 1. The molecule has 7 nitrogen and oxygen atoms in total.